The molecule has 2 N–H and O–H groups in total. The molecule has 30 heavy (non-hydrogen) atoms. The average Bonchev–Trinajstić information content (AvgIpc) is 3.47. The molecule has 2 heterocycles. The molecular weight excluding hydrogens is 376 g/mol. The van der Waals surface area contributed by atoms with Crippen LogP contribution in [0.5, 0.6) is 0 Å². The van der Waals surface area contributed by atoms with Gasteiger partial charge in [-0.25, -0.2) is 0 Å². The molecule has 1 saturated heterocycles. The number of nitrogens with one attached hydrogen (secondary N) is 2. The van der Waals surface area contributed by atoms with E-state index in [1.165, 1.54) is 56.9 Å². The predicted molar refractivity (Wildman–Crippen MR) is 119 cm³/mol. The first-order valence-electron chi connectivity index (χ1n) is 11.7. The molecule has 0 unspecified atom stereocenters. The minimum atomic E-state index is 0.0426. The lowest BCUT2D eigenvalue weighted by Crippen LogP contribution is -2.31. The molecule has 1 amide bonds. The van der Waals surface area contributed by atoms with E-state index in [-0.39, 0.29) is 18.4 Å². The van der Waals surface area contributed by atoms with Crippen molar-refractivity contribution in [3.05, 3.63) is 35.7 Å². The Kier molecular flexibility index (Phi) is 9.35. The summed E-state index contributed by atoms with van der Waals surface area (Å²) < 4.78 is 5.30. The van der Waals surface area contributed by atoms with Gasteiger partial charge in [-0.2, -0.15) is 4.98 Å². The Bertz CT molecular complexity index is 751. The molecule has 6 heteroatoms. The van der Waals surface area contributed by atoms with Gasteiger partial charge in [0.15, 0.2) is 0 Å². The monoisotopic (exact) mass is 412 g/mol. The van der Waals surface area contributed by atoms with Gasteiger partial charge >= 0.3 is 0 Å². The van der Waals surface area contributed by atoms with Gasteiger partial charge in [-0.1, -0.05) is 81.3 Å². The first-order valence-corrected chi connectivity index (χ1v) is 11.7. The van der Waals surface area contributed by atoms with Gasteiger partial charge in [0.25, 0.3) is 0 Å². The molecule has 1 aliphatic heterocycles. The minimum absolute atomic E-state index is 0.0426. The highest BCUT2D eigenvalue weighted by molar-refractivity contribution is 5.79. The molecule has 1 fully saturated rings. The van der Waals surface area contributed by atoms with Crippen LogP contribution in [0.15, 0.2) is 28.8 Å². The van der Waals surface area contributed by atoms with E-state index in [2.05, 4.69) is 52.0 Å². The second-order valence-electron chi connectivity index (χ2n) is 8.34. The number of rotatable bonds is 13. The third kappa shape index (κ3) is 7.24. The van der Waals surface area contributed by atoms with Crippen molar-refractivity contribution in [2.75, 3.05) is 13.1 Å². The molecule has 6 nitrogen and oxygen atoms in total. The zero-order valence-corrected chi connectivity index (χ0v) is 18.3. The molecule has 1 aromatic heterocycles. The maximum atomic E-state index is 12.1. The lowest BCUT2D eigenvalue weighted by molar-refractivity contribution is -0.124. The number of carbonyl (C=O) groups excluding carboxylic acids is 1. The molecule has 0 aliphatic carbocycles. The second-order valence-corrected chi connectivity index (χ2v) is 8.34. The van der Waals surface area contributed by atoms with Gasteiger partial charge in [0.05, 0.1) is 12.5 Å². The molecule has 0 saturated carbocycles. The number of unbranched alkanes of at least 4 members (excludes halogenated alkanes) is 7. The molecular formula is C24H36N4O2. The van der Waals surface area contributed by atoms with E-state index in [1.54, 1.807) is 0 Å². The van der Waals surface area contributed by atoms with Gasteiger partial charge in [0, 0.05) is 12.1 Å². The Balaban J connectivity index is 1.37. The molecule has 1 aliphatic rings. The highest BCUT2D eigenvalue weighted by atomic mass is 16.5. The molecule has 3 rings (SSSR count). The largest absolute Gasteiger partial charge is 0.347 e. The number of hydrogen-bond donors (Lipinski definition) is 2. The summed E-state index contributed by atoms with van der Waals surface area (Å²) in [5.41, 5.74) is 2.29. The van der Waals surface area contributed by atoms with E-state index in [1.807, 2.05) is 0 Å². The molecule has 1 aromatic carbocycles. The number of hydrogen-bond acceptors (Lipinski definition) is 5. The molecule has 2 aromatic rings. The van der Waals surface area contributed by atoms with Crippen LogP contribution in [-0.2, 0) is 17.8 Å². The minimum Gasteiger partial charge on any atom is -0.347 e. The fraction of sp³-hybridized carbons (Fsp3) is 0.625. The summed E-state index contributed by atoms with van der Waals surface area (Å²) in [7, 11) is 0. The Morgan fingerprint density at radius 3 is 2.53 bits per heavy atom. The molecule has 0 radical (unpaired) electrons. The molecule has 0 spiro atoms. The van der Waals surface area contributed by atoms with Crippen LogP contribution < -0.4 is 10.6 Å². The summed E-state index contributed by atoms with van der Waals surface area (Å²) in [4.78, 5) is 16.5. The van der Waals surface area contributed by atoms with Crippen molar-refractivity contribution in [1.29, 1.82) is 0 Å². The van der Waals surface area contributed by atoms with Crippen LogP contribution in [0.25, 0.3) is 11.4 Å². The average molecular weight is 413 g/mol. The van der Waals surface area contributed by atoms with Crippen molar-refractivity contribution in [2.24, 2.45) is 5.92 Å². The maximum Gasteiger partial charge on any atom is 0.246 e. The zero-order chi connectivity index (χ0) is 21.0. The fourth-order valence-corrected chi connectivity index (χ4v) is 3.91. The number of aryl methyl sites for hydroxylation is 1. The van der Waals surface area contributed by atoms with E-state index in [9.17, 15) is 4.79 Å². The number of benzene rings is 1. The Morgan fingerprint density at radius 2 is 1.83 bits per heavy atom. The Labute approximate surface area is 180 Å². The summed E-state index contributed by atoms with van der Waals surface area (Å²) in [5, 5.41) is 10.1. The third-order valence-electron chi connectivity index (χ3n) is 5.84. The van der Waals surface area contributed by atoms with Gasteiger partial charge in [0.1, 0.15) is 0 Å². The summed E-state index contributed by atoms with van der Waals surface area (Å²) in [6.07, 6.45) is 12.7. The first kappa shape index (κ1) is 22.5. The van der Waals surface area contributed by atoms with Gasteiger partial charge in [-0.3, -0.25) is 4.79 Å². The van der Waals surface area contributed by atoms with Crippen LogP contribution in [0.2, 0.25) is 0 Å². The van der Waals surface area contributed by atoms with Crippen molar-refractivity contribution in [3.63, 3.8) is 0 Å². The van der Waals surface area contributed by atoms with Crippen LogP contribution >= 0.6 is 0 Å². The van der Waals surface area contributed by atoms with E-state index in [0.717, 1.165) is 31.5 Å². The summed E-state index contributed by atoms with van der Waals surface area (Å²) in [6.45, 7) is 4.18. The highest BCUT2D eigenvalue weighted by Gasteiger charge is 2.22. The van der Waals surface area contributed by atoms with Crippen molar-refractivity contribution >= 4 is 5.91 Å². The summed E-state index contributed by atoms with van der Waals surface area (Å²) in [6, 6.07) is 8.41. The standard InChI is InChI=1S/C24H36N4O2/c1-2-3-4-5-6-7-8-9-10-19-11-13-20(14-12-19)23-27-22(30-28-23)18-26-24(29)21-15-16-25-17-21/h11-14,21,25H,2-10,15-18H2,1H3,(H,26,29)/t21-/m0/s1. The van der Waals surface area contributed by atoms with Crippen LogP contribution in [0.3, 0.4) is 0 Å². The van der Waals surface area contributed by atoms with Crippen molar-refractivity contribution < 1.29 is 9.32 Å². The Morgan fingerprint density at radius 1 is 1.10 bits per heavy atom. The van der Waals surface area contributed by atoms with E-state index >= 15 is 0 Å². The van der Waals surface area contributed by atoms with Gasteiger partial charge in [0.2, 0.25) is 17.6 Å². The highest BCUT2D eigenvalue weighted by Crippen LogP contribution is 2.18. The number of carbonyl (C=O) groups is 1. The number of amides is 1. The maximum absolute atomic E-state index is 12.1. The van der Waals surface area contributed by atoms with Crippen LogP contribution in [-0.4, -0.2) is 29.1 Å². The van der Waals surface area contributed by atoms with Crippen molar-refractivity contribution in [3.8, 4) is 11.4 Å². The number of aromatic nitrogens is 2. The third-order valence-corrected chi connectivity index (χ3v) is 5.84. The smallest absolute Gasteiger partial charge is 0.246 e. The zero-order valence-electron chi connectivity index (χ0n) is 18.3. The predicted octanol–water partition coefficient (Wildman–Crippen LogP) is 4.65. The molecule has 164 valence electrons. The lowest BCUT2D eigenvalue weighted by atomic mass is 10.0. The molecule has 1 atom stereocenters. The van der Waals surface area contributed by atoms with Crippen LogP contribution in [0.4, 0.5) is 0 Å². The SMILES string of the molecule is CCCCCCCCCCc1ccc(-c2noc(CNC(=O)[C@H]3CCNC3)n2)cc1. The summed E-state index contributed by atoms with van der Waals surface area (Å²) >= 11 is 0. The van der Waals surface area contributed by atoms with Gasteiger partial charge in [-0.05, 0) is 31.4 Å². The van der Waals surface area contributed by atoms with Crippen LogP contribution in [0.1, 0.15) is 76.2 Å². The van der Waals surface area contributed by atoms with E-state index in [4.69, 9.17) is 4.52 Å². The quantitative estimate of drug-likeness (QED) is 0.468. The fourth-order valence-electron chi connectivity index (χ4n) is 3.91. The van der Waals surface area contributed by atoms with Crippen molar-refractivity contribution in [1.82, 2.24) is 20.8 Å². The van der Waals surface area contributed by atoms with Gasteiger partial charge in [-0.15, -0.1) is 0 Å². The van der Waals surface area contributed by atoms with E-state index in [0.29, 0.717) is 11.7 Å². The van der Waals surface area contributed by atoms with Gasteiger partial charge < -0.3 is 15.2 Å². The molecule has 0 bridgehead atoms. The lowest BCUT2D eigenvalue weighted by Gasteiger charge is -2.07. The van der Waals surface area contributed by atoms with Crippen molar-refractivity contribution in [2.45, 2.75) is 77.7 Å². The number of nitrogens with zero attached hydrogens (tertiary/aromatic N) is 2. The normalized spacial score (nSPS) is 16.1. The first-order chi connectivity index (χ1) is 14.8. The Hall–Kier alpha value is -2.21. The second kappa shape index (κ2) is 12.5. The van der Waals surface area contributed by atoms with Crippen LogP contribution in [0, 0.1) is 5.92 Å². The van der Waals surface area contributed by atoms with E-state index < -0.39 is 0 Å². The summed E-state index contributed by atoms with van der Waals surface area (Å²) in [5.74, 6) is 1.10. The topological polar surface area (TPSA) is 80.0 Å².